The first-order valence-corrected chi connectivity index (χ1v) is 7.90. The van der Waals surface area contributed by atoms with E-state index in [4.69, 9.17) is 9.47 Å². The first-order chi connectivity index (χ1) is 10.8. The Morgan fingerprint density at radius 2 is 1.82 bits per heavy atom. The fourth-order valence-electron chi connectivity index (χ4n) is 3.46. The summed E-state index contributed by atoms with van der Waals surface area (Å²) in [6.45, 7) is 2.07. The van der Waals surface area contributed by atoms with Crippen LogP contribution in [0, 0.1) is 0 Å². The normalized spacial score (nSPS) is 26.7. The van der Waals surface area contributed by atoms with Crippen molar-refractivity contribution in [2.75, 3.05) is 13.7 Å². The van der Waals surface area contributed by atoms with Gasteiger partial charge in [0.1, 0.15) is 11.9 Å². The van der Waals surface area contributed by atoms with Gasteiger partial charge in [-0.2, -0.15) is 0 Å². The van der Waals surface area contributed by atoms with E-state index in [0.717, 1.165) is 25.3 Å². The molecule has 3 atom stereocenters. The maximum atomic E-state index is 5.78. The van der Waals surface area contributed by atoms with Crippen LogP contribution in [0.25, 0.3) is 0 Å². The molecule has 3 heteroatoms. The van der Waals surface area contributed by atoms with E-state index in [9.17, 15) is 0 Å². The van der Waals surface area contributed by atoms with E-state index in [0.29, 0.717) is 18.2 Å². The van der Waals surface area contributed by atoms with Crippen molar-refractivity contribution in [3.63, 3.8) is 0 Å². The summed E-state index contributed by atoms with van der Waals surface area (Å²) in [7, 11) is 1.70. The van der Waals surface area contributed by atoms with Gasteiger partial charge in [-0.05, 0) is 29.7 Å². The molecule has 2 fully saturated rings. The van der Waals surface area contributed by atoms with Gasteiger partial charge in [0.25, 0.3) is 0 Å². The second-order valence-electron chi connectivity index (χ2n) is 6.17. The van der Waals surface area contributed by atoms with Crippen LogP contribution < -0.4 is 4.74 Å². The van der Waals surface area contributed by atoms with Crippen molar-refractivity contribution in [1.82, 2.24) is 4.90 Å². The van der Waals surface area contributed by atoms with Gasteiger partial charge in [-0.1, -0.05) is 42.5 Å². The number of ether oxygens (including phenoxy) is 2. The van der Waals surface area contributed by atoms with Crippen LogP contribution in [0.2, 0.25) is 0 Å². The second-order valence-corrected chi connectivity index (χ2v) is 6.17. The molecule has 0 unspecified atom stereocenters. The molecule has 114 valence electrons. The highest BCUT2D eigenvalue weighted by atomic mass is 16.6. The monoisotopic (exact) mass is 295 g/mol. The number of rotatable bonds is 5. The Bertz CT molecular complexity index is 626. The van der Waals surface area contributed by atoms with E-state index < -0.39 is 0 Å². The summed E-state index contributed by atoms with van der Waals surface area (Å²) in [5.41, 5.74) is 2.73. The number of methoxy groups -OCH3 is 1. The van der Waals surface area contributed by atoms with E-state index in [1.807, 2.05) is 12.1 Å². The second kappa shape index (κ2) is 5.75. The Morgan fingerprint density at radius 1 is 1.05 bits per heavy atom. The van der Waals surface area contributed by atoms with Crippen LogP contribution in [0.4, 0.5) is 0 Å². The third-order valence-electron chi connectivity index (χ3n) is 4.72. The molecule has 2 aromatic rings. The van der Waals surface area contributed by atoms with Crippen LogP contribution in [0.5, 0.6) is 5.75 Å². The lowest BCUT2D eigenvalue weighted by Gasteiger charge is -2.26. The number of benzene rings is 2. The summed E-state index contributed by atoms with van der Waals surface area (Å²) >= 11 is 0. The third-order valence-corrected chi connectivity index (χ3v) is 4.72. The molecule has 0 amide bonds. The highest BCUT2D eigenvalue weighted by Gasteiger charge is 2.54. The summed E-state index contributed by atoms with van der Waals surface area (Å²) in [5, 5.41) is 0. The van der Waals surface area contributed by atoms with Crippen molar-refractivity contribution in [3.05, 3.63) is 65.7 Å². The highest BCUT2D eigenvalue weighted by molar-refractivity contribution is 5.28. The van der Waals surface area contributed by atoms with E-state index in [2.05, 4.69) is 47.4 Å². The molecule has 2 saturated heterocycles. The molecule has 0 bridgehead atoms. The molecule has 0 aliphatic carbocycles. The predicted molar refractivity (Wildman–Crippen MR) is 86.0 cm³/mol. The van der Waals surface area contributed by atoms with Crippen LogP contribution in [0.15, 0.2) is 54.6 Å². The summed E-state index contributed by atoms with van der Waals surface area (Å²) < 4.78 is 11.0. The van der Waals surface area contributed by atoms with Crippen LogP contribution in [0.1, 0.15) is 11.1 Å². The summed E-state index contributed by atoms with van der Waals surface area (Å²) in [6.07, 6.45) is 1.91. The van der Waals surface area contributed by atoms with Gasteiger partial charge in [-0.25, -0.2) is 0 Å². The minimum atomic E-state index is 0.422. The lowest BCUT2D eigenvalue weighted by molar-refractivity contribution is 0.134. The van der Waals surface area contributed by atoms with Crippen molar-refractivity contribution in [2.24, 2.45) is 0 Å². The van der Waals surface area contributed by atoms with Crippen LogP contribution >= 0.6 is 0 Å². The molecular formula is C19H21NO2. The first-order valence-electron chi connectivity index (χ1n) is 7.90. The van der Waals surface area contributed by atoms with Crippen LogP contribution in [-0.4, -0.2) is 36.8 Å². The zero-order chi connectivity index (χ0) is 14.9. The molecule has 2 heterocycles. The van der Waals surface area contributed by atoms with Crippen molar-refractivity contribution in [3.8, 4) is 5.75 Å². The molecule has 22 heavy (non-hydrogen) atoms. The molecule has 4 rings (SSSR count). The van der Waals surface area contributed by atoms with Gasteiger partial charge in [0.2, 0.25) is 0 Å². The Balaban J connectivity index is 1.46. The highest BCUT2D eigenvalue weighted by Crippen LogP contribution is 2.38. The maximum Gasteiger partial charge on any atom is 0.118 e. The number of nitrogens with zero attached hydrogens (tertiary/aromatic N) is 1. The number of fused-ring (bicyclic) bond motifs is 1. The molecule has 0 aromatic heterocycles. The molecule has 0 radical (unpaired) electrons. The Morgan fingerprint density at radius 3 is 2.55 bits per heavy atom. The smallest absolute Gasteiger partial charge is 0.118 e. The topological polar surface area (TPSA) is 25.0 Å². The van der Waals surface area contributed by atoms with Gasteiger partial charge in [0, 0.05) is 19.1 Å². The van der Waals surface area contributed by atoms with E-state index in [1.54, 1.807) is 7.11 Å². The Labute approximate surface area is 131 Å². The fourth-order valence-corrected chi connectivity index (χ4v) is 3.46. The number of hydrogen-bond donors (Lipinski definition) is 0. The quantitative estimate of drug-likeness (QED) is 0.793. The van der Waals surface area contributed by atoms with Gasteiger partial charge in [-0.15, -0.1) is 0 Å². The molecule has 2 aliphatic rings. The van der Waals surface area contributed by atoms with Gasteiger partial charge < -0.3 is 9.47 Å². The van der Waals surface area contributed by atoms with Crippen LogP contribution in [-0.2, 0) is 17.7 Å². The van der Waals surface area contributed by atoms with Gasteiger partial charge in [0.15, 0.2) is 0 Å². The molecule has 0 saturated carbocycles. The zero-order valence-corrected chi connectivity index (χ0v) is 12.8. The average molecular weight is 295 g/mol. The van der Waals surface area contributed by atoms with E-state index in [-0.39, 0.29) is 0 Å². The van der Waals surface area contributed by atoms with E-state index in [1.165, 1.54) is 11.1 Å². The zero-order valence-electron chi connectivity index (χ0n) is 12.8. The molecular weight excluding hydrogens is 274 g/mol. The third kappa shape index (κ3) is 2.74. The molecule has 2 aromatic carbocycles. The average Bonchev–Trinajstić information content (AvgIpc) is 3.25. The number of hydrogen-bond acceptors (Lipinski definition) is 3. The summed E-state index contributed by atoms with van der Waals surface area (Å²) in [4.78, 5) is 2.57. The number of epoxide rings is 1. The van der Waals surface area contributed by atoms with Gasteiger partial charge in [-0.3, -0.25) is 4.90 Å². The lowest BCUT2D eigenvalue weighted by atomic mass is 10.0. The predicted octanol–water partition coefficient (Wildman–Crippen LogP) is 2.89. The SMILES string of the molecule is COc1ccc(C[C@H]2[C@H]3O[C@H]3CN2Cc2ccccc2)cc1. The Hall–Kier alpha value is -1.84. The molecule has 0 spiro atoms. The largest absolute Gasteiger partial charge is 0.497 e. The van der Waals surface area contributed by atoms with Gasteiger partial charge >= 0.3 is 0 Å². The number of morpholine rings is 1. The maximum absolute atomic E-state index is 5.78. The molecule has 2 aliphatic heterocycles. The van der Waals surface area contributed by atoms with Crippen LogP contribution in [0.3, 0.4) is 0 Å². The van der Waals surface area contributed by atoms with Gasteiger partial charge in [0.05, 0.1) is 13.2 Å². The first kappa shape index (κ1) is 13.8. The standard InChI is InChI=1S/C19H21NO2/c1-21-16-9-7-14(8-10-16)11-17-19-18(22-19)13-20(17)12-15-5-3-2-4-6-15/h2-10,17-19H,11-13H2,1H3/t17-,18-,19+/m0/s1. The molecule has 3 nitrogen and oxygen atoms in total. The van der Waals surface area contributed by atoms with Crippen molar-refractivity contribution >= 4 is 0 Å². The van der Waals surface area contributed by atoms with Crippen molar-refractivity contribution in [1.29, 1.82) is 0 Å². The lowest BCUT2D eigenvalue weighted by Crippen LogP contribution is -2.36. The fraction of sp³-hybridized carbons (Fsp3) is 0.368. The Kier molecular flexibility index (Phi) is 3.60. The van der Waals surface area contributed by atoms with Crippen molar-refractivity contribution < 1.29 is 9.47 Å². The van der Waals surface area contributed by atoms with Crippen molar-refractivity contribution in [2.45, 2.75) is 31.2 Å². The minimum absolute atomic E-state index is 0.422. The number of likely N-dealkylation sites (tertiary alicyclic amines) is 1. The summed E-state index contributed by atoms with van der Waals surface area (Å²) in [6, 6.07) is 19.6. The minimum Gasteiger partial charge on any atom is -0.497 e. The summed E-state index contributed by atoms with van der Waals surface area (Å²) in [5.74, 6) is 0.914. The molecule has 0 N–H and O–H groups in total. The van der Waals surface area contributed by atoms with E-state index >= 15 is 0 Å².